The second-order valence-corrected chi connectivity index (χ2v) is 3.94. The number of aromatic nitrogens is 2. The number of halogens is 1. The lowest BCUT2D eigenvalue weighted by Crippen LogP contribution is -1.89. The molecule has 15 heavy (non-hydrogen) atoms. The zero-order valence-corrected chi connectivity index (χ0v) is 9.71. The van der Waals surface area contributed by atoms with Crippen LogP contribution < -0.4 is 10.5 Å². The summed E-state index contributed by atoms with van der Waals surface area (Å²) in [5.41, 5.74) is 7.55. The van der Waals surface area contributed by atoms with Gasteiger partial charge in [0.1, 0.15) is 5.82 Å². The van der Waals surface area contributed by atoms with Crippen LogP contribution in [0.25, 0.3) is 11.1 Å². The first-order chi connectivity index (χ1) is 7.22. The fourth-order valence-corrected chi connectivity index (χ4v) is 1.65. The maximum atomic E-state index is 5.78. The molecule has 0 aliphatic rings. The predicted molar refractivity (Wildman–Crippen MR) is 62.7 cm³/mol. The van der Waals surface area contributed by atoms with E-state index in [1.807, 2.05) is 24.3 Å². The van der Waals surface area contributed by atoms with Gasteiger partial charge in [0.15, 0.2) is 0 Å². The number of nitrogens with zero attached hydrogens (tertiary/aromatic N) is 1. The summed E-state index contributed by atoms with van der Waals surface area (Å²) in [7, 11) is 1.57. The molecular formula is C10H10BrN3O. The average Bonchev–Trinajstić information content (AvgIpc) is 2.61. The lowest BCUT2D eigenvalue weighted by Gasteiger charge is -2.02. The fraction of sp³-hybridized carbons (Fsp3) is 0.100. The standard InChI is InChI=1S/C10H10BrN3O/c1-15-10-8(9(12)13-14-10)6-2-4-7(11)5-3-6/h2-5H,1H3,(H3,12,13,14). The van der Waals surface area contributed by atoms with E-state index in [1.54, 1.807) is 7.11 Å². The number of H-pyrrole nitrogens is 1. The minimum atomic E-state index is 0.508. The summed E-state index contributed by atoms with van der Waals surface area (Å²) in [5.74, 6) is 1.02. The minimum absolute atomic E-state index is 0.508. The number of rotatable bonds is 2. The Bertz CT molecular complexity index is 464. The molecule has 78 valence electrons. The number of anilines is 1. The highest BCUT2D eigenvalue weighted by Gasteiger charge is 2.13. The van der Waals surface area contributed by atoms with Crippen molar-refractivity contribution < 1.29 is 4.74 Å². The Balaban J connectivity index is 2.52. The molecule has 1 heterocycles. The number of methoxy groups -OCH3 is 1. The molecule has 0 aliphatic carbocycles. The van der Waals surface area contributed by atoms with E-state index < -0.39 is 0 Å². The summed E-state index contributed by atoms with van der Waals surface area (Å²) in [4.78, 5) is 0. The number of hydrogen-bond acceptors (Lipinski definition) is 3. The normalized spacial score (nSPS) is 10.3. The van der Waals surface area contributed by atoms with Gasteiger partial charge in [-0.2, -0.15) is 0 Å². The number of nitrogen functional groups attached to an aromatic ring is 1. The molecular weight excluding hydrogens is 258 g/mol. The molecule has 0 atom stereocenters. The number of benzene rings is 1. The van der Waals surface area contributed by atoms with Crippen molar-refractivity contribution in [1.29, 1.82) is 0 Å². The molecule has 0 radical (unpaired) electrons. The van der Waals surface area contributed by atoms with E-state index in [0.29, 0.717) is 11.7 Å². The highest BCUT2D eigenvalue weighted by molar-refractivity contribution is 9.10. The quantitative estimate of drug-likeness (QED) is 0.879. The van der Waals surface area contributed by atoms with Crippen LogP contribution in [-0.4, -0.2) is 17.3 Å². The molecule has 0 aliphatic heterocycles. The van der Waals surface area contributed by atoms with E-state index >= 15 is 0 Å². The third-order valence-electron chi connectivity index (χ3n) is 2.09. The van der Waals surface area contributed by atoms with Gasteiger partial charge in [0.05, 0.1) is 12.7 Å². The van der Waals surface area contributed by atoms with Gasteiger partial charge >= 0.3 is 0 Å². The first-order valence-corrected chi connectivity index (χ1v) is 5.15. The van der Waals surface area contributed by atoms with Gasteiger partial charge in [0.25, 0.3) is 0 Å². The van der Waals surface area contributed by atoms with Crippen LogP contribution in [0, 0.1) is 0 Å². The molecule has 0 amide bonds. The predicted octanol–water partition coefficient (Wildman–Crippen LogP) is 2.43. The van der Waals surface area contributed by atoms with Gasteiger partial charge in [-0.3, -0.25) is 5.10 Å². The molecule has 2 rings (SSSR count). The Labute approximate surface area is 95.6 Å². The molecule has 0 unspecified atom stereocenters. The SMILES string of the molecule is COc1n[nH]c(N)c1-c1ccc(Br)cc1. The Hall–Kier alpha value is -1.49. The molecule has 1 aromatic heterocycles. The maximum absolute atomic E-state index is 5.78. The monoisotopic (exact) mass is 267 g/mol. The third kappa shape index (κ3) is 1.83. The van der Waals surface area contributed by atoms with Crippen LogP contribution in [0.1, 0.15) is 0 Å². The van der Waals surface area contributed by atoms with Gasteiger partial charge in [0, 0.05) is 4.47 Å². The van der Waals surface area contributed by atoms with E-state index in [0.717, 1.165) is 15.6 Å². The van der Waals surface area contributed by atoms with Gasteiger partial charge in [0.2, 0.25) is 5.88 Å². The van der Waals surface area contributed by atoms with E-state index in [9.17, 15) is 0 Å². The summed E-state index contributed by atoms with van der Waals surface area (Å²) in [6, 6.07) is 7.80. The molecule has 0 saturated heterocycles. The van der Waals surface area contributed by atoms with Crippen LogP contribution in [0.3, 0.4) is 0 Å². The zero-order chi connectivity index (χ0) is 10.8. The number of nitrogens with one attached hydrogen (secondary N) is 1. The lowest BCUT2D eigenvalue weighted by atomic mass is 10.1. The lowest BCUT2D eigenvalue weighted by molar-refractivity contribution is 0.398. The van der Waals surface area contributed by atoms with Crippen molar-refractivity contribution in [3.63, 3.8) is 0 Å². The van der Waals surface area contributed by atoms with E-state index in [1.165, 1.54) is 0 Å². The largest absolute Gasteiger partial charge is 0.479 e. The van der Waals surface area contributed by atoms with Crippen molar-refractivity contribution >= 4 is 21.7 Å². The van der Waals surface area contributed by atoms with Crippen LogP contribution >= 0.6 is 15.9 Å². The number of hydrogen-bond donors (Lipinski definition) is 2. The highest BCUT2D eigenvalue weighted by atomic mass is 79.9. The van der Waals surface area contributed by atoms with Crippen molar-refractivity contribution in [2.24, 2.45) is 0 Å². The summed E-state index contributed by atoms with van der Waals surface area (Å²) in [5, 5.41) is 6.64. The Morgan fingerprint density at radius 2 is 2.00 bits per heavy atom. The van der Waals surface area contributed by atoms with E-state index in [4.69, 9.17) is 10.5 Å². The van der Waals surface area contributed by atoms with Crippen molar-refractivity contribution in [3.8, 4) is 17.0 Å². The second kappa shape index (κ2) is 3.94. The fourth-order valence-electron chi connectivity index (χ4n) is 1.38. The Kier molecular flexibility index (Phi) is 2.64. The van der Waals surface area contributed by atoms with Crippen LogP contribution in [0.4, 0.5) is 5.82 Å². The second-order valence-electron chi connectivity index (χ2n) is 3.03. The van der Waals surface area contributed by atoms with Crippen molar-refractivity contribution in [1.82, 2.24) is 10.2 Å². The Morgan fingerprint density at radius 1 is 1.33 bits per heavy atom. The summed E-state index contributed by atoms with van der Waals surface area (Å²) in [6.07, 6.45) is 0. The van der Waals surface area contributed by atoms with E-state index in [2.05, 4.69) is 26.1 Å². The van der Waals surface area contributed by atoms with Crippen molar-refractivity contribution in [2.75, 3.05) is 12.8 Å². The molecule has 2 aromatic rings. The molecule has 0 spiro atoms. The maximum Gasteiger partial charge on any atom is 0.242 e. The van der Waals surface area contributed by atoms with Gasteiger partial charge in [-0.1, -0.05) is 28.1 Å². The Morgan fingerprint density at radius 3 is 2.60 bits per heavy atom. The molecule has 4 nitrogen and oxygen atoms in total. The molecule has 0 bridgehead atoms. The van der Waals surface area contributed by atoms with Crippen LogP contribution in [0.2, 0.25) is 0 Å². The smallest absolute Gasteiger partial charge is 0.242 e. The van der Waals surface area contributed by atoms with Gasteiger partial charge in [-0.25, -0.2) is 0 Å². The molecule has 3 N–H and O–H groups in total. The molecule has 1 aromatic carbocycles. The molecule has 5 heteroatoms. The third-order valence-corrected chi connectivity index (χ3v) is 2.62. The van der Waals surface area contributed by atoms with Crippen LogP contribution in [0.15, 0.2) is 28.7 Å². The van der Waals surface area contributed by atoms with Gasteiger partial charge < -0.3 is 10.5 Å². The number of aromatic amines is 1. The van der Waals surface area contributed by atoms with E-state index in [-0.39, 0.29) is 0 Å². The molecule has 0 saturated carbocycles. The number of ether oxygens (including phenoxy) is 1. The first kappa shape index (κ1) is 10.0. The number of nitrogens with two attached hydrogens (primary N) is 1. The summed E-state index contributed by atoms with van der Waals surface area (Å²) >= 11 is 3.38. The van der Waals surface area contributed by atoms with Crippen LogP contribution in [-0.2, 0) is 0 Å². The summed E-state index contributed by atoms with van der Waals surface area (Å²) in [6.45, 7) is 0. The minimum Gasteiger partial charge on any atom is -0.479 e. The van der Waals surface area contributed by atoms with Gasteiger partial charge in [-0.15, -0.1) is 5.10 Å². The van der Waals surface area contributed by atoms with Crippen LogP contribution in [0.5, 0.6) is 5.88 Å². The van der Waals surface area contributed by atoms with Crippen molar-refractivity contribution in [2.45, 2.75) is 0 Å². The average molecular weight is 268 g/mol. The van der Waals surface area contributed by atoms with Crippen molar-refractivity contribution in [3.05, 3.63) is 28.7 Å². The topological polar surface area (TPSA) is 63.9 Å². The van der Waals surface area contributed by atoms with Gasteiger partial charge in [-0.05, 0) is 17.7 Å². The zero-order valence-electron chi connectivity index (χ0n) is 8.12. The first-order valence-electron chi connectivity index (χ1n) is 4.36. The summed E-state index contributed by atoms with van der Waals surface area (Å²) < 4.78 is 6.14. The molecule has 0 fully saturated rings. The highest BCUT2D eigenvalue weighted by Crippen LogP contribution is 2.33.